The molecule has 0 fully saturated rings. The smallest absolute Gasteiger partial charge is 0.121 e. The Morgan fingerprint density at radius 2 is 1.89 bits per heavy atom. The van der Waals surface area contributed by atoms with Crippen LogP contribution in [0.15, 0.2) is 42.5 Å². The lowest BCUT2D eigenvalue weighted by Gasteiger charge is -2.17. The van der Waals surface area contributed by atoms with Gasteiger partial charge in [0.2, 0.25) is 0 Å². The zero-order chi connectivity index (χ0) is 13.8. The lowest BCUT2D eigenvalue weighted by atomic mass is 10.0. The molecule has 0 spiro atoms. The standard InChI is InChI=1S/C16H18ClNO/c1-11-6-3-4-7-13(11)12(2)18-10-14-15(17)8-5-9-16(14)19/h3-9,12,18-19H,10H2,1-2H3/t12-/m0/s1. The quantitative estimate of drug-likeness (QED) is 0.876. The van der Waals surface area contributed by atoms with Gasteiger partial charge in [0.25, 0.3) is 0 Å². The summed E-state index contributed by atoms with van der Waals surface area (Å²) in [5.74, 6) is 0.233. The molecule has 0 saturated heterocycles. The number of nitrogens with one attached hydrogen (secondary N) is 1. The van der Waals surface area contributed by atoms with Gasteiger partial charge >= 0.3 is 0 Å². The van der Waals surface area contributed by atoms with Gasteiger partial charge in [0, 0.05) is 23.2 Å². The second-order valence-corrected chi connectivity index (χ2v) is 5.10. The predicted molar refractivity (Wildman–Crippen MR) is 79.6 cm³/mol. The van der Waals surface area contributed by atoms with E-state index in [1.54, 1.807) is 18.2 Å². The Hall–Kier alpha value is -1.51. The van der Waals surface area contributed by atoms with E-state index in [4.69, 9.17) is 11.6 Å². The van der Waals surface area contributed by atoms with Crippen LogP contribution in [0.1, 0.15) is 29.7 Å². The molecule has 0 aromatic heterocycles. The summed E-state index contributed by atoms with van der Waals surface area (Å²) in [6.07, 6.45) is 0. The van der Waals surface area contributed by atoms with Crippen LogP contribution in [0, 0.1) is 6.92 Å². The molecule has 0 bridgehead atoms. The van der Waals surface area contributed by atoms with E-state index in [2.05, 4.69) is 31.3 Å². The molecule has 0 aliphatic heterocycles. The van der Waals surface area contributed by atoms with Gasteiger partial charge in [0.1, 0.15) is 5.75 Å². The van der Waals surface area contributed by atoms with Crippen LogP contribution >= 0.6 is 11.6 Å². The fourth-order valence-electron chi connectivity index (χ4n) is 2.16. The Morgan fingerprint density at radius 3 is 2.58 bits per heavy atom. The molecule has 2 aromatic rings. The Balaban J connectivity index is 2.09. The number of aryl methyl sites for hydroxylation is 1. The monoisotopic (exact) mass is 275 g/mol. The molecule has 0 aliphatic carbocycles. The maximum absolute atomic E-state index is 9.80. The molecule has 0 heterocycles. The first-order valence-electron chi connectivity index (χ1n) is 6.35. The van der Waals surface area contributed by atoms with Crippen molar-refractivity contribution in [3.63, 3.8) is 0 Å². The highest BCUT2D eigenvalue weighted by Crippen LogP contribution is 2.26. The average molecular weight is 276 g/mol. The summed E-state index contributed by atoms with van der Waals surface area (Å²) < 4.78 is 0. The molecule has 0 radical (unpaired) electrons. The van der Waals surface area contributed by atoms with Crippen LogP contribution < -0.4 is 5.32 Å². The second kappa shape index (κ2) is 6.09. The van der Waals surface area contributed by atoms with E-state index in [9.17, 15) is 5.11 Å². The molecule has 2 rings (SSSR count). The molecular formula is C16H18ClNO. The van der Waals surface area contributed by atoms with Crippen molar-refractivity contribution in [2.75, 3.05) is 0 Å². The summed E-state index contributed by atoms with van der Waals surface area (Å²) in [5, 5.41) is 13.8. The molecule has 0 saturated carbocycles. The maximum Gasteiger partial charge on any atom is 0.121 e. The molecule has 19 heavy (non-hydrogen) atoms. The van der Waals surface area contributed by atoms with E-state index in [0.29, 0.717) is 11.6 Å². The lowest BCUT2D eigenvalue weighted by Crippen LogP contribution is -2.19. The third-order valence-electron chi connectivity index (χ3n) is 3.33. The van der Waals surface area contributed by atoms with Crippen LogP contribution in [0.3, 0.4) is 0 Å². The molecule has 0 unspecified atom stereocenters. The van der Waals surface area contributed by atoms with Crippen LogP contribution in [0.5, 0.6) is 5.75 Å². The van der Waals surface area contributed by atoms with Crippen molar-refractivity contribution in [3.8, 4) is 5.75 Å². The summed E-state index contributed by atoms with van der Waals surface area (Å²) in [4.78, 5) is 0. The molecule has 2 aromatic carbocycles. The van der Waals surface area contributed by atoms with Gasteiger partial charge in [-0.1, -0.05) is 41.9 Å². The number of aromatic hydroxyl groups is 1. The van der Waals surface area contributed by atoms with Gasteiger partial charge in [-0.15, -0.1) is 0 Å². The fraction of sp³-hybridized carbons (Fsp3) is 0.250. The van der Waals surface area contributed by atoms with Crippen LogP contribution in [-0.2, 0) is 6.54 Å². The fourth-order valence-corrected chi connectivity index (χ4v) is 2.40. The van der Waals surface area contributed by atoms with Crippen molar-refractivity contribution in [1.29, 1.82) is 0 Å². The summed E-state index contributed by atoms with van der Waals surface area (Å²) >= 11 is 6.09. The molecule has 1 atom stereocenters. The number of phenolic OH excluding ortho intramolecular Hbond substituents is 1. The Kier molecular flexibility index (Phi) is 4.46. The first-order valence-corrected chi connectivity index (χ1v) is 6.72. The summed E-state index contributed by atoms with van der Waals surface area (Å²) in [6.45, 7) is 4.75. The molecule has 0 amide bonds. The number of hydrogen-bond acceptors (Lipinski definition) is 2. The molecule has 3 heteroatoms. The van der Waals surface area contributed by atoms with E-state index in [1.807, 2.05) is 12.1 Å². The number of halogens is 1. The first-order chi connectivity index (χ1) is 9.09. The molecule has 2 N–H and O–H groups in total. The highest BCUT2D eigenvalue weighted by molar-refractivity contribution is 6.31. The Labute approximate surface area is 119 Å². The van der Waals surface area contributed by atoms with E-state index in [0.717, 1.165) is 5.56 Å². The first kappa shape index (κ1) is 13.9. The van der Waals surface area contributed by atoms with E-state index < -0.39 is 0 Å². The lowest BCUT2D eigenvalue weighted by molar-refractivity contribution is 0.460. The third kappa shape index (κ3) is 3.28. The van der Waals surface area contributed by atoms with Gasteiger partial charge in [0.05, 0.1) is 0 Å². The van der Waals surface area contributed by atoms with Crippen LogP contribution in [0.4, 0.5) is 0 Å². The number of benzene rings is 2. The van der Waals surface area contributed by atoms with Crippen LogP contribution in [-0.4, -0.2) is 5.11 Å². The van der Waals surface area contributed by atoms with E-state index >= 15 is 0 Å². The van der Waals surface area contributed by atoms with Gasteiger partial charge in [-0.3, -0.25) is 0 Å². The van der Waals surface area contributed by atoms with Crippen LogP contribution in [0.2, 0.25) is 5.02 Å². The van der Waals surface area contributed by atoms with Gasteiger partial charge in [-0.05, 0) is 37.1 Å². The van der Waals surface area contributed by atoms with Crippen molar-refractivity contribution in [2.45, 2.75) is 26.4 Å². The van der Waals surface area contributed by atoms with Crippen molar-refractivity contribution in [1.82, 2.24) is 5.32 Å². The summed E-state index contributed by atoms with van der Waals surface area (Å²) in [7, 11) is 0. The van der Waals surface area contributed by atoms with Gasteiger partial charge < -0.3 is 10.4 Å². The van der Waals surface area contributed by atoms with Crippen molar-refractivity contribution >= 4 is 11.6 Å². The number of phenols is 1. The van der Waals surface area contributed by atoms with Gasteiger partial charge in [-0.2, -0.15) is 0 Å². The maximum atomic E-state index is 9.80. The van der Waals surface area contributed by atoms with Crippen molar-refractivity contribution in [2.24, 2.45) is 0 Å². The molecule has 2 nitrogen and oxygen atoms in total. The minimum absolute atomic E-state index is 0.205. The largest absolute Gasteiger partial charge is 0.508 e. The minimum atomic E-state index is 0.205. The third-order valence-corrected chi connectivity index (χ3v) is 3.69. The Bertz CT molecular complexity index is 548. The minimum Gasteiger partial charge on any atom is -0.508 e. The topological polar surface area (TPSA) is 32.3 Å². The second-order valence-electron chi connectivity index (χ2n) is 4.70. The van der Waals surface area contributed by atoms with Crippen molar-refractivity contribution < 1.29 is 5.11 Å². The molecular weight excluding hydrogens is 258 g/mol. The molecule has 100 valence electrons. The zero-order valence-corrected chi connectivity index (χ0v) is 11.9. The van der Waals surface area contributed by atoms with Gasteiger partial charge in [0.15, 0.2) is 0 Å². The number of rotatable bonds is 4. The van der Waals surface area contributed by atoms with Gasteiger partial charge in [-0.25, -0.2) is 0 Å². The SMILES string of the molecule is Cc1ccccc1[C@H](C)NCc1c(O)cccc1Cl. The Morgan fingerprint density at radius 1 is 1.16 bits per heavy atom. The summed E-state index contributed by atoms with van der Waals surface area (Å²) in [6, 6.07) is 13.7. The average Bonchev–Trinajstić information content (AvgIpc) is 2.38. The summed E-state index contributed by atoms with van der Waals surface area (Å²) in [5.41, 5.74) is 3.25. The highest BCUT2D eigenvalue weighted by atomic mass is 35.5. The van der Waals surface area contributed by atoms with E-state index in [1.165, 1.54) is 11.1 Å². The van der Waals surface area contributed by atoms with Crippen LogP contribution in [0.25, 0.3) is 0 Å². The zero-order valence-electron chi connectivity index (χ0n) is 11.2. The number of hydrogen-bond donors (Lipinski definition) is 2. The normalized spacial score (nSPS) is 12.4. The predicted octanol–water partition coefficient (Wildman–Crippen LogP) is 4.20. The molecule has 0 aliphatic rings. The van der Waals surface area contributed by atoms with E-state index in [-0.39, 0.29) is 11.8 Å². The highest BCUT2D eigenvalue weighted by Gasteiger charge is 2.10. The van der Waals surface area contributed by atoms with Crippen molar-refractivity contribution in [3.05, 3.63) is 64.2 Å².